The first-order valence-corrected chi connectivity index (χ1v) is 28.1. The van der Waals surface area contributed by atoms with Crippen LogP contribution in [0.1, 0.15) is 252 Å². The molecule has 0 aliphatic carbocycles. The molecule has 0 spiro atoms. The number of amides is 1. The minimum Gasteiger partial charge on any atom is -0.462 e. The quantitative estimate of drug-likeness (QED) is 0.0321. The first-order valence-electron chi connectivity index (χ1n) is 28.1. The monoisotopic (exact) mass is 932 g/mol. The molecule has 67 heavy (non-hydrogen) atoms. The molecular weight excluding hydrogens is 827 g/mol. The fourth-order valence-corrected chi connectivity index (χ4v) is 8.10. The minimum absolute atomic E-state index is 0.0325. The Labute approximate surface area is 414 Å². The van der Waals surface area contributed by atoms with Gasteiger partial charge in [-0.1, -0.05) is 266 Å². The molecule has 3 atom stereocenters. The molecule has 3 unspecified atom stereocenters. The Morgan fingerprint density at radius 3 is 1.24 bits per heavy atom. The predicted octanol–water partition coefficient (Wildman–Crippen LogP) is 17.3. The van der Waals surface area contributed by atoms with Crippen LogP contribution in [0.15, 0.2) is 97.2 Å². The summed E-state index contributed by atoms with van der Waals surface area (Å²) < 4.78 is 5.91. The predicted molar refractivity (Wildman–Crippen MR) is 291 cm³/mol. The number of carbonyl (C=O) groups excluding carboxylic acids is 2. The van der Waals surface area contributed by atoms with E-state index in [1.165, 1.54) is 122 Å². The Morgan fingerprint density at radius 2 is 0.806 bits per heavy atom. The van der Waals surface area contributed by atoms with E-state index in [-0.39, 0.29) is 24.9 Å². The lowest BCUT2D eigenvalue weighted by Crippen LogP contribution is -2.46. The molecule has 6 heteroatoms. The molecule has 0 aliphatic heterocycles. The Balaban J connectivity index is 4.69. The molecule has 384 valence electrons. The lowest BCUT2D eigenvalue weighted by molar-refractivity contribution is -0.151. The van der Waals surface area contributed by atoms with Crippen molar-refractivity contribution in [1.29, 1.82) is 0 Å². The number of carbonyl (C=O) groups is 2. The van der Waals surface area contributed by atoms with Crippen LogP contribution in [0, 0.1) is 0 Å². The Morgan fingerprint density at radius 1 is 0.448 bits per heavy atom. The summed E-state index contributed by atoms with van der Waals surface area (Å²) in [7, 11) is 0. The van der Waals surface area contributed by atoms with Crippen LogP contribution in [0.3, 0.4) is 0 Å². The van der Waals surface area contributed by atoms with Crippen LogP contribution in [-0.2, 0) is 14.3 Å². The van der Waals surface area contributed by atoms with Gasteiger partial charge in [0.1, 0.15) is 6.10 Å². The third-order valence-corrected chi connectivity index (χ3v) is 12.3. The van der Waals surface area contributed by atoms with Gasteiger partial charge in [0.15, 0.2) is 0 Å². The largest absolute Gasteiger partial charge is 0.462 e. The summed E-state index contributed by atoms with van der Waals surface area (Å²) in [5, 5.41) is 23.9. The minimum atomic E-state index is -0.811. The molecule has 3 N–H and O–H groups in total. The lowest BCUT2D eigenvalue weighted by atomic mass is 10.0. The lowest BCUT2D eigenvalue weighted by Gasteiger charge is -2.24. The molecule has 0 rings (SSSR count). The van der Waals surface area contributed by atoms with Crippen molar-refractivity contribution in [2.75, 3.05) is 6.61 Å². The second-order valence-electron chi connectivity index (χ2n) is 18.8. The summed E-state index contributed by atoms with van der Waals surface area (Å²) >= 11 is 0. The maximum absolute atomic E-state index is 13.3. The Bertz CT molecular complexity index is 1320. The zero-order valence-electron chi connectivity index (χ0n) is 43.8. The number of nitrogens with one attached hydrogen (secondary N) is 1. The van der Waals surface area contributed by atoms with Gasteiger partial charge >= 0.3 is 5.97 Å². The Kier molecular flexibility index (Phi) is 51.1. The number of hydrogen-bond donors (Lipinski definition) is 3. The number of aliphatic hydroxyl groups excluding tert-OH is 2. The second-order valence-corrected chi connectivity index (χ2v) is 18.8. The molecule has 0 radical (unpaired) electrons. The first kappa shape index (κ1) is 63.8. The van der Waals surface area contributed by atoms with E-state index in [0.29, 0.717) is 19.3 Å². The second kappa shape index (κ2) is 53.7. The van der Waals surface area contributed by atoms with Gasteiger partial charge in [0.2, 0.25) is 5.91 Å². The highest BCUT2D eigenvalue weighted by molar-refractivity contribution is 5.77. The van der Waals surface area contributed by atoms with Crippen LogP contribution in [-0.4, -0.2) is 46.9 Å². The van der Waals surface area contributed by atoms with Gasteiger partial charge in [-0.15, -0.1) is 0 Å². The van der Waals surface area contributed by atoms with E-state index in [0.717, 1.165) is 83.5 Å². The average Bonchev–Trinajstić information content (AvgIpc) is 3.32. The molecule has 0 saturated heterocycles. The van der Waals surface area contributed by atoms with Crippen molar-refractivity contribution in [2.24, 2.45) is 0 Å². The molecule has 0 aromatic rings. The van der Waals surface area contributed by atoms with Crippen LogP contribution < -0.4 is 5.32 Å². The molecule has 0 bridgehead atoms. The van der Waals surface area contributed by atoms with Crippen molar-refractivity contribution < 1.29 is 24.5 Å². The zero-order chi connectivity index (χ0) is 48.8. The highest BCUT2D eigenvalue weighted by Crippen LogP contribution is 2.17. The van der Waals surface area contributed by atoms with Crippen molar-refractivity contribution in [2.45, 2.75) is 270 Å². The summed E-state index contributed by atoms with van der Waals surface area (Å²) in [6.07, 6.45) is 71.8. The molecule has 1 amide bonds. The van der Waals surface area contributed by atoms with Crippen molar-refractivity contribution in [3.05, 3.63) is 97.2 Å². The summed E-state index contributed by atoms with van der Waals surface area (Å²) in [5.41, 5.74) is 0. The fourth-order valence-electron chi connectivity index (χ4n) is 8.10. The molecule has 0 heterocycles. The van der Waals surface area contributed by atoms with Crippen LogP contribution in [0.4, 0.5) is 0 Å². The Hall–Kier alpha value is -3.22. The number of hydrogen-bond acceptors (Lipinski definition) is 5. The number of esters is 1. The summed E-state index contributed by atoms with van der Waals surface area (Å²) in [5.74, 6) is -0.560. The van der Waals surface area contributed by atoms with Crippen LogP contribution in [0.5, 0.6) is 0 Å². The highest BCUT2D eigenvalue weighted by atomic mass is 16.5. The van der Waals surface area contributed by atoms with Crippen molar-refractivity contribution in [3.8, 4) is 0 Å². The summed E-state index contributed by atoms with van der Waals surface area (Å²) in [4.78, 5) is 26.2. The summed E-state index contributed by atoms with van der Waals surface area (Å²) in [6.45, 7) is 6.32. The van der Waals surface area contributed by atoms with Crippen molar-refractivity contribution in [3.63, 3.8) is 0 Å². The van der Waals surface area contributed by atoms with Gasteiger partial charge < -0.3 is 20.3 Å². The molecule has 0 saturated carbocycles. The third-order valence-electron chi connectivity index (χ3n) is 12.3. The van der Waals surface area contributed by atoms with Gasteiger partial charge in [-0.3, -0.25) is 9.59 Å². The molecule has 0 aromatic carbocycles. The fraction of sp³-hybridized carbons (Fsp3) is 0.705. The van der Waals surface area contributed by atoms with Crippen LogP contribution in [0.25, 0.3) is 0 Å². The van der Waals surface area contributed by atoms with Gasteiger partial charge in [0.05, 0.1) is 25.2 Å². The van der Waals surface area contributed by atoms with E-state index in [2.05, 4.69) is 80.8 Å². The SMILES string of the molecule is CC/C=C/C=C/C=C\C=C/C=C/CCCCCC(=O)OC(CCCCC/C=C/C=C/C=C/CCCCCCC)CC(=O)NC(CO)C(O)CCCCCCCCCCCCCCCCCCC. The molecular formula is C61H105NO5. The van der Waals surface area contributed by atoms with Gasteiger partial charge in [-0.2, -0.15) is 0 Å². The number of ether oxygens (including phenoxy) is 1. The van der Waals surface area contributed by atoms with E-state index in [1.54, 1.807) is 0 Å². The standard InChI is InChI=1S/C61H105NO5/c1-4-7-10-13-16-19-22-25-28-30-33-35-38-41-44-47-50-53-59(64)58(56-63)62-60(65)55-57(52-49-46-43-40-37-34-32-29-26-23-20-17-14-11-8-5-2)67-61(66)54-51-48-45-42-39-36-31-27-24-21-18-15-12-9-6-3/h9,12,15,18,21,23-24,26-27,29,31-32,34,36-37,39,57-59,63-64H,4-8,10-11,13-14,16-17,19-20,22,25,28,30,33,35,38,40-56H2,1-3H3,(H,62,65)/b12-9+,18-15+,24-21-,26-23+,31-27-,32-29+,37-34+,39-36+. The molecule has 0 aromatic heterocycles. The number of aliphatic hydroxyl groups is 2. The van der Waals surface area contributed by atoms with E-state index >= 15 is 0 Å². The van der Waals surface area contributed by atoms with E-state index in [4.69, 9.17) is 4.74 Å². The summed E-state index contributed by atoms with van der Waals surface area (Å²) in [6, 6.07) is -0.729. The van der Waals surface area contributed by atoms with Gasteiger partial charge in [0, 0.05) is 6.42 Å². The maximum atomic E-state index is 13.3. The average molecular weight is 933 g/mol. The third kappa shape index (κ3) is 49.0. The van der Waals surface area contributed by atoms with Crippen LogP contribution >= 0.6 is 0 Å². The highest BCUT2D eigenvalue weighted by Gasteiger charge is 2.24. The van der Waals surface area contributed by atoms with Crippen molar-refractivity contribution in [1.82, 2.24) is 5.32 Å². The molecule has 0 fully saturated rings. The van der Waals surface area contributed by atoms with E-state index in [1.807, 2.05) is 42.5 Å². The van der Waals surface area contributed by atoms with E-state index < -0.39 is 18.2 Å². The van der Waals surface area contributed by atoms with Crippen molar-refractivity contribution >= 4 is 11.9 Å². The van der Waals surface area contributed by atoms with E-state index in [9.17, 15) is 19.8 Å². The van der Waals surface area contributed by atoms with Gasteiger partial charge in [-0.25, -0.2) is 0 Å². The smallest absolute Gasteiger partial charge is 0.306 e. The normalized spacial score (nSPS) is 13.9. The topological polar surface area (TPSA) is 95.9 Å². The number of unbranched alkanes of at least 4 members (excludes halogenated alkanes) is 27. The first-order chi connectivity index (χ1) is 33.0. The number of allylic oxidation sites excluding steroid dienone is 16. The maximum Gasteiger partial charge on any atom is 0.306 e. The number of rotatable bonds is 49. The van der Waals surface area contributed by atoms with Gasteiger partial charge in [0.25, 0.3) is 0 Å². The molecule has 0 aliphatic rings. The van der Waals surface area contributed by atoms with Gasteiger partial charge in [-0.05, 0) is 70.6 Å². The zero-order valence-corrected chi connectivity index (χ0v) is 43.8. The van der Waals surface area contributed by atoms with Crippen LogP contribution in [0.2, 0.25) is 0 Å². The molecule has 6 nitrogen and oxygen atoms in total.